The van der Waals surface area contributed by atoms with Crippen molar-refractivity contribution in [1.29, 1.82) is 0 Å². The minimum atomic E-state index is 0.286. The van der Waals surface area contributed by atoms with Crippen LogP contribution in [-0.4, -0.2) is 6.29 Å². The van der Waals surface area contributed by atoms with Gasteiger partial charge in [-0.2, -0.15) is 0 Å². The lowest BCUT2D eigenvalue weighted by Crippen LogP contribution is -2.19. The third-order valence-electron chi connectivity index (χ3n) is 5.51. The second-order valence-corrected chi connectivity index (χ2v) is 9.13. The Morgan fingerprint density at radius 2 is 1.23 bits per heavy atom. The zero-order valence-electron chi connectivity index (χ0n) is 20.5. The van der Waals surface area contributed by atoms with Crippen LogP contribution in [0.5, 0.6) is 0 Å². The first kappa shape index (κ1) is 26.4. The highest BCUT2D eigenvalue weighted by Crippen LogP contribution is 2.40. The summed E-state index contributed by atoms with van der Waals surface area (Å²) in [6.07, 6.45) is 29.5. The van der Waals surface area contributed by atoms with Crippen LogP contribution >= 0.6 is 0 Å². The molecule has 0 aromatic rings. The van der Waals surface area contributed by atoms with E-state index in [2.05, 4.69) is 71.1 Å². The van der Waals surface area contributed by atoms with E-state index in [9.17, 15) is 4.79 Å². The van der Waals surface area contributed by atoms with E-state index in [0.29, 0.717) is 0 Å². The first-order chi connectivity index (χ1) is 14.7. The molecule has 1 nitrogen and oxygen atoms in total. The minimum absolute atomic E-state index is 0.286. The summed E-state index contributed by atoms with van der Waals surface area (Å²) in [6, 6.07) is 0. The molecule has 0 spiro atoms. The predicted octanol–water partition coefficient (Wildman–Crippen LogP) is 8.72. The van der Waals surface area contributed by atoms with Crippen molar-refractivity contribution in [1.82, 2.24) is 0 Å². The average molecular weight is 417 g/mol. The molecule has 1 aliphatic rings. The van der Waals surface area contributed by atoms with Gasteiger partial charge in [0.15, 0.2) is 0 Å². The van der Waals surface area contributed by atoms with E-state index < -0.39 is 0 Å². The lowest BCUT2D eigenvalue weighted by Gasteiger charge is -2.32. The Hall–Kier alpha value is -2.67. The first-order valence-corrected chi connectivity index (χ1v) is 11.2. The number of hydrogen-bond acceptors (Lipinski definition) is 1. The van der Waals surface area contributed by atoms with Crippen LogP contribution in [0.3, 0.4) is 0 Å². The van der Waals surface area contributed by atoms with Gasteiger partial charge in [0.05, 0.1) is 0 Å². The molecule has 0 aliphatic heterocycles. The first-order valence-electron chi connectivity index (χ1n) is 11.2. The molecule has 0 unspecified atom stereocenters. The van der Waals surface area contributed by atoms with Gasteiger partial charge in [-0.25, -0.2) is 0 Å². The molecule has 1 rings (SSSR count). The summed E-state index contributed by atoms with van der Waals surface area (Å²) < 4.78 is 0. The van der Waals surface area contributed by atoms with E-state index in [4.69, 9.17) is 0 Å². The molecule has 0 saturated carbocycles. The van der Waals surface area contributed by atoms with Crippen molar-refractivity contribution in [2.75, 3.05) is 0 Å². The molecule has 0 saturated heterocycles. The zero-order chi connectivity index (χ0) is 23.3. The highest BCUT2D eigenvalue weighted by Gasteiger charge is 2.26. The van der Waals surface area contributed by atoms with Crippen molar-refractivity contribution < 1.29 is 4.79 Å². The van der Waals surface area contributed by atoms with Gasteiger partial charge in [-0.3, -0.25) is 4.79 Å². The summed E-state index contributed by atoms with van der Waals surface area (Å²) in [5, 5.41) is 0. The van der Waals surface area contributed by atoms with Crippen LogP contribution in [0.4, 0.5) is 0 Å². The molecular formula is C30H40O. The van der Waals surface area contributed by atoms with E-state index in [1.165, 1.54) is 41.6 Å². The van der Waals surface area contributed by atoms with Crippen LogP contribution in [0, 0.1) is 5.41 Å². The number of carbonyl (C=O) groups excluding carboxylic acids is 1. The number of allylic oxidation sites excluding steroid dienone is 18. The smallest absolute Gasteiger partial charge is 0.145 e. The maximum Gasteiger partial charge on any atom is 0.145 e. The van der Waals surface area contributed by atoms with Crippen LogP contribution in [0.15, 0.2) is 106 Å². The van der Waals surface area contributed by atoms with Crippen molar-refractivity contribution in [3.05, 3.63) is 106 Å². The van der Waals surface area contributed by atoms with Crippen molar-refractivity contribution in [3.63, 3.8) is 0 Å². The molecule has 166 valence electrons. The Morgan fingerprint density at radius 1 is 0.742 bits per heavy atom. The minimum Gasteiger partial charge on any atom is -0.298 e. The topological polar surface area (TPSA) is 17.1 Å². The lowest BCUT2D eigenvalue weighted by molar-refractivity contribution is -0.104. The second kappa shape index (κ2) is 13.6. The van der Waals surface area contributed by atoms with Crippen LogP contribution < -0.4 is 0 Å². The highest BCUT2D eigenvalue weighted by atomic mass is 16.1. The largest absolute Gasteiger partial charge is 0.298 e. The predicted molar refractivity (Wildman–Crippen MR) is 138 cm³/mol. The van der Waals surface area contributed by atoms with Crippen molar-refractivity contribution >= 4 is 6.29 Å². The molecule has 0 aromatic carbocycles. The molecule has 0 aromatic heterocycles. The second-order valence-electron chi connectivity index (χ2n) is 9.13. The molecule has 0 amide bonds. The third-order valence-corrected chi connectivity index (χ3v) is 5.51. The van der Waals surface area contributed by atoms with Gasteiger partial charge in [-0.05, 0) is 70.4 Å². The van der Waals surface area contributed by atoms with Gasteiger partial charge < -0.3 is 0 Å². The normalized spacial score (nSPS) is 19.6. The standard InChI is InChI=1S/C30H40O/c1-24(13-8-9-14-25(2)16-11-18-27(4)23-31)15-10-17-26(3)20-21-29-28(5)19-12-22-30(29,6)7/h8-11,13-18,20-21,23H,12,19,22H2,1-7H3. The van der Waals surface area contributed by atoms with Crippen LogP contribution in [0.25, 0.3) is 0 Å². The van der Waals surface area contributed by atoms with Crippen molar-refractivity contribution in [3.8, 4) is 0 Å². The summed E-state index contributed by atoms with van der Waals surface area (Å²) in [5.74, 6) is 0. The molecular weight excluding hydrogens is 376 g/mol. The molecule has 1 heteroatoms. The Bertz CT molecular complexity index is 887. The Labute approximate surface area is 190 Å². The van der Waals surface area contributed by atoms with Gasteiger partial charge in [0.1, 0.15) is 6.29 Å². The molecule has 0 bridgehead atoms. The fraction of sp³-hybridized carbons (Fsp3) is 0.367. The molecule has 0 fully saturated rings. The van der Waals surface area contributed by atoms with Crippen LogP contribution in [0.1, 0.15) is 67.7 Å². The molecule has 0 radical (unpaired) electrons. The third kappa shape index (κ3) is 10.8. The molecule has 0 atom stereocenters. The van der Waals surface area contributed by atoms with E-state index in [1.54, 1.807) is 6.92 Å². The Kier molecular flexibility index (Phi) is 11.6. The van der Waals surface area contributed by atoms with Crippen LogP contribution in [0.2, 0.25) is 0 Å². The Morgan fingerprint density at radius 3 is 1.74 bits per heavy atom. The van der Waals surface area contributed by atoms with Gasteiger partial charge >= 0.3 is 0 Å². The monoisotopic (exact) mass is 416 g/mol. The molecule has 0 N–H and O–H groups in total. The van der Waals surface area contributed by atoms with E-state index in [1.807, 2.05) is 43.4 Å². The number of hydrogen-bond donors (Lipinski definition) is 0. The summed E-state index contributed by atoms with van der Waals surface area (Å²) in [7, 11) is 0. The van der Waals surface area contributed by atoms with Crippen LogP contribution in [-0.2, 0) is 4.79 Å². The fourth-order valence-corrected chi connectivity index (χ4v) is 3.55. The summed E-state index contributed by atoms with van der Waals surface area (Å²) in [6.45, 7) is 15.1. The van der Waals surface area contributed by atoms with E-state index in [-0.39, 0.29) is 5.41 Å². The number of aldehydes is 1. The molecule has 31 heavy (non-hydrogen) atoms. The van der Waals surface area contributed by atoms with Crippen molar-refractivity contribution in [2.45, 2.75) is 67.7 Å². The number of carbonyl (C=O) groups is 1. The molecule has 1 aliphatic carbocycles. The maximum atomic E-state index is 10.6. The summed E-state index contributed by atoms with van der Waals surface area (Å²) >= 11 is 0. The van der Waals surface area contributed by atoms with E-state index >= 15 is 0 Å². The number of rotatable bonds is 9. The molecule has 0 heterocycles. The summed E-state index contributed by atoms with van der Waals surface area (Å²) in [5.41, 5.74) is 7.62. The van der Waals surface area contributed by atoms with Gasteiger partial charge in [-0.1, -0.05) is 109 Å². The average Bonchev–Trinajstić information content (AvgIpc) is 2.70. The highest BCUT2D eigenvalue weighted by molar-refractivity contribution is 5.72. The summed E-state index contributed by atoms with van der Waals surface area (Å²) in [4.78, 5) is 10.6. The van der Waals surface area contributed by atoms with E-state index in [0.717, 1.165) is 17.4 Å². The SMILES string of the molecule is CC(C=O)=CC=CC(C)=CC=CC=C(C)C=CC=C(C)C=CC1=C(C)CCCC1(C)C. The van der Waals surface area contributed by atoms with Gasteiger partial charge in [-0.15, -0.1) is 0 Å². The van der Waals surface area contributed by atoms with Gasteiger partial charge in [0, 0.05) is 0 Å². The maximum absolute atomic E-state index is 10.6. The van der Waals surface area contributed by atoms with Gasteiger partial charge in [0.2, 0.25) is 0 Å². The Balaban J connectivity index is 2.65. The fourth-order valence-electron chi connectivity index (χ4n) is 3.55. The van der Waals surface area contributed by atoms with Gasteiger partial charge in [0.25, 0.3) is 0 Å². The lowest BCUT2D eigenvalue weighted by atomic mass is 9.72. The quantitative estimate of drug-likeness (QED) is 0.209. The van der Waals surface area contributed by atoms with Crippen molar-refractivity contribution in [2.24, 2.45) is 5.41 Å². The zero-order valence-corrected chi connectivity index (χ0v) is 20.5.